The molecule has 5 nitrogen and oxygen atoms in total. The third kappa shape index (κ3) is 3.62. The highest BCUT2D eigenvalue weighted by Gasteiger charge is 2.41. The normalized spacial score (nSPS) is 13.9. The molecule has 1 aliphatic heterocycles. The Morgan fingerprint density at radius 2 is 1.36 bits per heavy atom. The second-order valence-electron chi connectivity index (χ2n) is 12.9. The van der Waals surface area contributed by atoms with Gasteiger partial charge in [0.05, 0.1) is 28.1 Å². The molecule has 0 spiro atoms. The minimum absolute atomic E-state index is 0.328. The van der Waals surface area contributed by atoms with Gasteiger partial charge in [-0.15, -0.1) is 0 Å². The van der Waals surface area contributed by atoms with E-state index < -0.39 is 0 Å². The largest absolute Gasteiger partial charge is 0.454 e. The van der Waals surface area contributed by atoms with Crippen LogP contribution in [0.15, 0.2) is 138 Å². The number of rotatable bonds is 2. The maximum atomic E-state index is 6.83. The SMILES string of the molecule is CC1(C)c2ccccc2N(c2ccc3ccc4ccc(-c5ccccc5)nc4c3n2)c2c1c1ccncc1c1c2oc2ccccc21. The number of fused-ring (bicyclic) bond motifs is 12. The van der Waals surface area contributed by atoms with Gasteiger partial charge in [0.25, 0.3) is 0 Å². The van der Waals surface area contributed by atoms with Gasteiger partial charge in [0.1, 0.15) is 11.4 Å². The molecule has 222 valence electrons. The molecule has 9 aromatic rings. The van der Waals surface area contributed by atoms with E-state index in [0.29, 0.717) is 0 Å². The lowest BCUT2D eigenvalue weighted by Gasteiger charge is -2.42. The Morgan fingerprint density at radius 3 is 2.23 bits per heavy atom. The molecule has 47 heavy (non-hydrogen) atoms. The lowest BCUT2D eigenvalue weighted by Crippen LogP contribution is -2.31. The number of para-hydroxylation sites is 2. The fourth-order valence-corrected chi connectivity index (χ4v) is 7.72. The molecule has 5 heterocycles. The van der Waals surface area contributed by atoms with Crippen LogP contribution < -0.4 is 4.90 Å². The number of hydrogen-bond acceptors (Lipinski definition) is 5. The third-order valence-electron chi connectivity index (χ3n) is 9.88. The van der Waals surface area contributed by atoms with E-state index >= 15 is 0 Å². The maximum absolute atomic E-state index is 6.83. The second-order valence-corrected chi connectivity index (χ2v) is 12.9. The van der Waals surface area contributed by atoms with Crippen molar-refractivity contribution in [3.63, 3.8) is 0 Å². The number of pyridine rings is 3. The van der Waals surface area contributed by atoms with Gasteiger partial charge < -0.3 is 4.42 Å². The molecule has 0 bridgehead atoms. The first kappa shape index (κ1) is 26.2. The summed E-state index contributed by atoms with van der Waals surface area (Å²) in [6.45, 7) is 4.62. The van der Waals surface area contributed by atoms with Gasteiger partial charge in [0, 0.05) is 50.3 Å². The molecule has 5 aromatic carbocycles. The van der Waals surface area contributed by atoms with Crippen LogP contribution in [0.25, 0.3) is 65.8 Å². The van der Waals surface area contributed by atoms with Crippen molar-refractivity contribution in [3.8, 4) is 11.3 Å². The van der Waals surface area contributed by atoms with Gasteiger partial charge in [-0.25, -0.2) is 9.97 Å². The van der Waals surface area contributed by atoms with Gasteiger partial charge in [-0.1, -0.05) is 98.8 Å². The molecule has 0 unspecified atom stereocenters. The Hall–Kier alpha value is -6.07. The number of furan rings is 1. The van der Waals surface area contributed by atoms with E-state index in [1.54, 1.807) is 0 Å². The predicted molar refractivity (Wildman–Crippen MR) is 192 cm³/mol. The fourth-order valence-electron chi connectivity index (χ4n) is 7.72. The van der Waals surface area contributed by atoms with Crippen molar-refractivity contribution in [2.24, 2.45) is 0 Å². The molecule has 0 aliphatic carbocycles. The smallest absolute Gasteiger partial charge is 0.160 e. The fraction of sp³-hybridized carbons (Fsp3) is 0.0714. The number of nitrogens with zero attached hydrogens (tertiary/aromatic N) is 4. The van der Waals surface area contributed by atoms with E-state index in [1.807, 2.05) is 42.7 Å². The molecule has 0 amide bonds. The average molecular weight is 605 g/mol. The first-order valence-electron chi connectivity index (χ1n) is 15.9. The van der Waals surface area contributed by atoms with E-state index in [0.717, 1.165) is 77.6 Å². The highest BCUT2D eigenvalue weighted by atomic mass is 16.3. The quantitative estimate of drug-likeness (QED) is 0.184. The topological polar surface area (TPSA) is 55.1 Å². The Bertz CT molecular complexity index is 2730. The van der Waals surface area contributed by atoms with Crippen molar-refractivity contribution in [3.05, 3.63) is 145 Å². The summed E-state index contributed by atoms with van der Waals surface area (Å²) in [4.78, 5) is 17.5. The number of anilines is 3. The zero-order valence-corrected chi connectivity index (χ0v) is 25.9. The van der Waals surface area contributed by atoms with Gasteiger partial charge in [-0.3, -0.25) is 9.88 Å². The average Bonchev–Trinajstić information content (AvgIpc) is 3.52. The molecule has 0 saturated carbocycles. The first-order chi connectivity index (χ1) is 23.1. The zero-order chi connectivity index (χ0) is 31.3. The summed E-state index contributed by atoms with van der Waals surface area (Å²) < 4.78 is 6.83. The summed E-state index contributed by atoms with van der Waals surface area (Å²) in [7, 11) is 0. The van der Waals surface area contributed by atoms with Gasteiger partial charge >= 0.3 is 0 Å². The first-order valence-corrected chi connectivity index (χ1v) is 15.9. The Kier molecular flexibility index (Phi) is 5.28. The molecule has 0 N–H and O–H groups in total. The molecular formula is C42H28N4O. The maximum Gasteiger partial charge on any atom is 0.160 e. The molecule has 0 atom stereocenters. The van der Waals surface area contributed by atoms with E-state index in [4.69, 9.17) is 14.4 Å². The van der Waals surface area contributed by atoms with Crippen LogP contribution in [-0.2, 0) is 5.41 Å². The van der Waals surface area contributed by atoms with Crippen molar-refractivity contribution in [1.29, 1.82) is 0 Å². The molecule has 0 saturated heterocycles. The summed E-state index contributed by atoms with van der Waals surface area (Å²) in [6.07, 6.45) is 3.88. The number of benzene rings is 5. The van der Waals surface area contributed by atoms with Crippen LogP contribution in [0, 0.1) is 0 Å². The Balaban J connectivity index is 1.33. The Labute approximate surface area is 270 Å². The second kappa shape index (κ2) is 9.47. The summed E-state index contributed by atoms with van der Waals surface area (Å²) >= 11 is 0. The van der Waals surface area contributed by atoms with Crippen LogP contribution in [0.1, 0.15) is 25.0 Å². The minimum atomic E-state index is -0.328. The van der Waals surface area contributed by atoms with Gasteiger partial charge in [0.2, 0.25) is 0 Å². The minimum Gasteiger partial charge on any atom is -0.454 e. The summed E-state index contributed by atoms with van der Waals surface area (Å²) in [5, 5.41) is 6.51. The van der Waals surface area contributed by atoms with E-state index in [-0.39, 0.29) is 5.41 Å². The zero-order valence-electron chi connectivity index (χ0n) is 25.9. The van der Waals surface area contributed by atoms with Crippen LogP contribution in [0.5, 0.6) is 0 Å². The lowest BCUT2D eigenvalue weighted by atomic mass is 9.71. The van der Waals surface area contributed by atoms with E-state index in [9.17, 15) is 0 Å². The molecule has 1 aliphatic rings. The van der Waals surface area contributed by atoms with Crippen molar-refractivity contribution in [1.82, 2.24) is 15.0 Å². The van der Waals surface area contributed by atoms with Crippen molar-refractivity contribution in [2.75, 3.05) is 4.90 Å². The van der Waals surface area contributed by atoms with Crippen molar-refractivity contribution >= 4 is 71.7 Å². The molecule has 0 fully saturated rings. The number of aromatic nitrogens is 3. The van der Waals surface area contributed by atoms with Crippen LogP contribution in [-0.4, -0.2) is 15.0 Å². The number of hydrogen-bond donors (Lipinski definition) is 0. The van der Waals surface area contributed by atoms with Crippen molar-refractivity contribution in [2.45, 2.75) is 19.3 Å². The summed E-state index contributed by atoms with van der Waals surface area (Å²) in [6, 6.07) is 42.2. The lowest BCUT2D eigenvalue weighted by molar-refractivity contribution is 0.628. The van der Waals surface area contributed by atoms with Gasteiger partial charge in [0.15, 0.2) is 5.58 Å². The van der Waals surface area contributed by atoms with E-state index in [1.165, 1.54) is 16.5 Å². The monoisotopic (exact) mass is 604 g/mol. The van der Waals surface area contributed by atoms with Crippen LogP contribution in [0.3, 0.4) is 0 Å². The van der Waals surface area contributed by atoms with Crippen LogP contribution in [0.4, 0.5) is 17.2 Å². The highest BCUT2D eigenvalue weighted by molar-refractivity contribution is 6.25. The van der Waals surface area contributed by atoms with Crippen LogP contribution in [0.2, 0.25) is 0 Å². The molecule has 5 heteroatoms. The third-order valence-corrected chi connectivity index (χ3v) is 9.88. The van der Waals surface area contributed by atoms with Crippen LogP contribution >= 0.6 is 0 Å². The molecule has 0 radical (unpaired) electrons. The Morgan fingerprint density at radius 1 is 0.638 bits per heavy atom. The predicted octanol–water partition coefficient (Wildman–Crippen LogP) is 11.0. The highest BCUT2D eigenvalue weighted by Crippen LogP contribution is 2.57. The summed E-state index contributed by atoms with van der Waals surface area (Å²) in [5.74, 6) is 0.816. The molecular weight excluding hydrogens is 576 g/mol. The molecule has 10 rings (SSSR count). The van der Waals surface area contributed by atoms with Gasteiger partial charge in [-0.05, 0) is 52.9 Å². The van der Waals surface area contributed by atoms with E-state index in [2.05, 4.69) is 115 Å². The van der Waals surface area contributed by atoms with Gasteiger partial charge in [-0.2, -0.15) is 0 Å². The standard InChI is InChI=1S/C42H28N4O/c1-42(2)31-13-7-8-14-33(31)46(40-37(42)28-22-23-43-24-30(28)36-29-12-6-9-15-34(29)47-41(36)40)35-21-19-27-17-16-26-18-20-32(25-10-4-3-5-11-25)44-38(26)39(27)45-35/h3-24H,1-2H3. The molecule has 4 aromatic heterocycles. The summed E-state index contributed by atoms with van der Waals surface area (Å²) in [5.41, 5.74) is 9.66. The van der Waals surface area contributed by atoms with Crippen molar-refractivity contribution < 1.29 is 4.42 Å².